The van der Waals surface area contributed by atoms with Gasteiger partial charge in [-0.05, 0) is 87.5 Å². The Morgan fingerprint density at radius 3 is 2.55 bits per heavy atom. The van der Waals surface area contributed by atoms with Crippen LogP contribution in [0.3, 0.4) is 0 Å². The lowest BCUT2D eigenvalue weighted by Gasteiger charge is -2.23. The van der Waals surface area contributed by atoms with Crippen molar-refractivity contribution in [1.29, 1.82) is 0 Å². The molecule has 0 saturated carbocycles. The number of methoxy groups -OCH3 is 1. The van der Waals surface area contributed by atoms with Gasteiger partial charge in [0.1, 0.15) is 5.75 Å². The molecule has 1 aliphatic heterocycles. The van der Waals surface area contributed by atoms with Crippen molar-refractivity contribution in [2.45, 2.75) is 33.1 Å². The van der Waals surface area contributed by atoms with E-state index in [2.05, 4.69) is 27.0 Å². The quantitative estimate of drug-likeness (QED) is 0.207. The van der Waals surface area contributed by atoms with Crippen molar-refractivity contribution in [1.82, 2.24) is 15.6 Å². The van der Waals surface area contributed by atoms with Crippen LogP contribution >= 0.6 is 0 Å². The molecule has 2 heterocycles. The third-order valence-corrected chi connectivity index (χ3v) is 7.72. The maximum atomic E-state index is 15.1. The van der Waals surface area contributed by atoms with Gasteiger partial charge in [-0.3, -0.25) is 14.6 Å². The molecular formula is C34H37FN4O5. The zero-order valence-corrected chi connectivity index (χ0v) is 25.2. The molecule has 1 saturated heterocycles. The predicted molar refractivity (Wildman–Crippen MR) is 167 cm³/mol. The maximum absolute atomic E-state index is 15.1. The zero-order valence-electron chi connectivity index (χ0n) is 25.2. The Kier molecular flexibility index (Phi) is 9.91. The van der Waals surface area contributed by atoms with Gasteiger partial charge in [-0.2, -0.15) is 0 Å². The number of hydrogen-bond acceptors (Lipinski definition) is 7. The summed E-state index contributed by atoms with van der Waals surface area (Å²) in [6, 6.07) is 15.3. The number of rotatable bonds is 10. The Hall–Kier alpha value is -4.70. The van der Waals surface area contributed by atoms with E-state index < -0.39 is 17.6 Å². The van der Waals surface area contributed by atoms with Crippen molar-refractivity contribution in [3.05, 3.63) is 83.3 Å². The van der Waals surface area contributed by atoms with Gasteiger partial charge in [0.05, 0.1) is 19.2 Å². The average molecular weight is 601 g/mol. The number of halogens is 1. The second-order valence-corrected chi connectivity index (χ2v) is 11.0. The minimum atomic E-state index is -0.885. The molecule has 5 rings (SSSR count). The number of fused-ring (bicyclic) bond motifs is 1. The molecule has 0 atom stereocenters. The van der Waals surface area contributed by atoms with Crippen LogP contribution in [-0.2, 0) is 16.0 Å². The molecule has 4 aromatic rings. The maximum Gasteiger partial charge on any atom is 0.313 e. The van der Waals surface area contributed by atoms with E-state index >= 15 is 4.39 Å². The number of benzene rings is 3. The number of nitrogens with zero attached hydrogens (tertiary/aromatic N) is 1. The zero-order chi connectivity index (χ0) is 31.1. The first-order chi connectivity index (χ1) is 21.3. The lowest BCUT2D eigenvalue weighted by Crippen LogP contribution is -2.36. The summed E-state index contributed by atoms with van der Waals surface area (Å²) < 4.78 is 32.7. The summed E-state index contributed by atoms with van der Waals surface area (Å²) in [6.45, 7) is 6.86. The molecule has 1 fully saturated rings. The molecule has 0 unspecified atom stereocenters. The summed E-state index contributed by atoms with van der Waals surface area (Å²) in [5.41, 5.74) is 4.08. The van der Waals surface area contributed by atoms with Crippen LogP contribution in [0, 0.1) is 25.6 Å². The van der Waals surface area contributed by atoms with Crippen LogP contribution in [0.25, 0.3) is 10.9 Å². The van der Waals surface area contributed by atoms with Crippen molar-refractivity contribution < 1.29 is 28.2 Å². The van der Waals surface area contributed by atoms with Crippen molar-refractivity contribution in [2.24, 2.45) is 5.92 Å². The first kappa shape index (κ1) is 30.7. The van der Waals surface area contributed by atoms with Gasteiger partial charge in [0.25, 0.3) is 0 Å². The highest BCUT2D eigenvalue weighted by Crippen LogP contribution is 2.38. The number of nitrogens with one attached hydrogen (secondary N) is 3. The number of anilines is 1. The van der Waals surface area contributed by atoms with Crippen molar-refractivity contribution >= 4 is 28.4 Å². The first-order valence-electron chi connectivity index (χ1n) is 14.7. The van der Waals surface area contributed by atoms with Gasteiger partial charge in [0.15, 0.2) is 23.1 Å². The second kappa shape index (κ2) is 14.2. The number of aryl methyl sites for hydroxylation is 2. The van der Waals surface area contributed by atoms with Crippen molar-refractivity contribution in [2.75, 3.05) is 38.7 Å². The average Bonchev–Trinajstić information content (AvgIpc) is 3.03. The lowest BCUT2D eigenvalue weighted by molar-refractivity contribution is -0.136. The van der Waals surface area contributed by atoms with E-state index in [4.69, 9.17) is 14.2 Å². The van der Waals surface area contributed by atoms with Crippen LogP contribution < -0.4 is 30.2 Å². The smallest absolute Gasteiger partial charge is 0.313 e. The molecule has 10 heteroatoms. The molecule has 0 radical (unpaired) electrons. The molecule has 230 valence electrons. The summed E-state index contributed by atoms with van der Waals surface area (Å²) in [5.74, 6) is -0.499. The van der Waals surface area contributed by atoms with Gasteiger partial charge >= 0.3 is 11.8 Å². The van der Waals surface area contributed by atoms with Crippen LogP contribution in [0.15, 0.2) is 60.8 Å². The SMILES string of the molecule is COc1cc2c(Oc3ccc(NC(=O)C(=O)NCCc4cc(C)ccc4C)cc3F)ccnc2cc1OCC1CCNCC1. The Morgan fingerprint density at radius 2 is 1.77 bits per heavy atom. The number of piperidine rings is 1. The largest absolute Gasteiger partial charge is 0.493 e. The monoisotopic (exact) mass is 600 g/mol. The highest BCUT2D eigenvalue weighted by atomic mass is 19.1. The molecule has 0 bridgehead atoms. The van der Waals surface area contributed by atoms with E-state index in [0.717, 1.165) is 48.7 Å². The number of amides is 2. The number of ether oxygens (including phenoxy) is 3. The predicted octanol–water partition coefficient (Wildman–Crippen LogP) is 5.47. The number of carbonyl (C=O) groups is 2. The number of carbonyl (C=O) groups excluding carboxylic acids is 2. The molecule has 1 aromatic heterocycles. The topological polar surface area (TPSA) is 111 Å². The van der Waals surface area contributed by atoms with E-state index in [-0.39, 0.29) is 11.4 Å². The molecule has 44 heavy (non-hydrogen) atoms. The normalized spacial score (nSPS) is 13.4. The van der Waals surface area contributed by atoms with E-state index in [9.17, 15) is 9.59 Å². The molecule has 3 aromatic carbocycles. The van der Waals surface area contributed by atoms with Crippen LogP contribution in [0.5, 0.6) is 23.0 Å². The van der Waals surface area contributed by atoms with Crippen molar-refractivity contribution in [3.8, 4) is 23.0 Å². The van der Waals surface area contributed by atoms with Crippen LogP contribution in [0.4, 0.5) is 10.1 Å². The third-order valence-electron chi connectivity index (χ3n) is 7.72. The Balaban J connectivity index is 1.21. The molecule has 3 N–H and O–H groups in total. The van der Waals surface area contributed by atoms with Gasteiger partial charge in [0.2, 0.25) is 0 Å². The van der Waals surface area contributed by atoms with Crippen molar-refractivity contribution in [3.63, 3.8) is 0 Å². The van der Waals surface area contributed by atoms with E-state index in [1.54, 1.807) is 31.5 Å². The molecule has 0 spiro atoms. The summed E-state index contributed by atoms with van der Waals surface area (Å²) in [5, 5.41) is 9.03. The summed E-state index contributed by atoms with van der Waals surface area (Å²) in [6.07, 6.45) is 4.28. The fourth-order valence-corrected chi connectivity index (χ4v) is 5.17. The van der Waals surface area contributed by atoms with E-state index in [0.29, 0.717) is 53.6 Å². The first-order valence-corrected chi connectivity index (χ1v) is 14.7. The Bertz CT molecular complexity index is 1650. The Morgan fingerprint density at radius 1 is 0.955 bits per heavy atom. The van der Waals surface area contributed by atoms with Crippen LogP contribution in [-0.4, -0.2) is 50.1 Å². The summed E-state index contributed by atoms with van der Waals surface area (Å²) in [4.78, 5) is 29.2. The fourth-order valence-electron chi connectivity index (χ4n) is 5.17. The Labute approximate surface area is 256 Å². The highest BCUT2D eigenvalue weighted by molar-refractivity contribution is 6.39. The number of pyridine rings is 1. The highest BCUT2D eigenvalue weighted by Gasteiger charge is 2.18. The summed E-state index contributed by atoms with van der Waals surface area (Å²) >= 11 is 0. The standard InChI is InChI=1S/C34H37FN4O5/c1-21-4-5-22(2)24(16-21)10-14-38-33(40)34(41)39-25-6-7-30(27(35)17-25)44-29-11-15-37-28-19-32(31(42-3)18-26(28)29)43-20-23-8-12-36-13-9-23/h4-7,11,15-19,23,36H,8-10,12-14,20H2,1-3H3,(H,38,40)(H,39,41). The molecular weight excluding hydrogens is 563 g/mol. The van der Waals surface area contributed by atoms with Gasteiger partial charge in [0, 0.05) is 35.9 Å². The molecule has 0 aliphatic carbocycles. The van der Waals surface area contributed by atoms with E-state index in [1.165, 1.54) is 12.1 Å². The molecule has 9 nitrogen and oxygen atoms in total. The minimum absolute atomic E-state index is 0.0568. The van der Waals surface area contributed by atoms with Gasteiger partial charge < -0.3 is 30.2 Å². The van der Waals surface area contributed by atoms with Crippen LogP contribution in [0.2, 0.25) is 0 Å². The number of aromatic nitrogens is 1. The molecule has 2 amide bonds. The van der Waals surface area contributed by atoms with Gasteiger partial charge in [-0.15, -0.1) is 0 Å². The van der Waals surface area contributed by atoms with E-state index in [1.807, 2.05) is 26.0 Å². The second-order valence-electron chi connectivity index (χ2n) is 11.0. The lowest BCUT2D eigenvalue weighted by atomic mass is 9.99. The fraction of sp³-hybridized carbons (Fsp3) is 0.324. The minimum Gasteiger partial charge on any atom is -0.493 e. The van der Waals surface area contributed by atoms with Gasteiger partial charge in [-0.25, -0.2) is 4.39 Å². The molecule has 1 aliphatic rings. The summed E-state index contributed by atoms with van der Waals surface area (Å²) in [7, 11) is 1.56. The number of hydrogen-bond donors (Lipinski definition) is 3. The third kappa shape index (κ3) is 7.62. The van der Waals surface area contributed by atoms with Gasteiger partial charge in [-0.1, -0.05) is 23.8 Å². The van der Waals surface area contributed by atoms with Crippen LogP contribution in [0.1, 0.15) is 29.5 Å².